The molecule has 0 spiro atoms. The summed E-state index contributed by atoms with van der Waals surface area (Å²) in [5, 5.41) is 17.5. The highest BCUT2D eigenvalue weighted by molar-refractivity contribution is 14.1. The molecule has 0 aliphatic rings. The molecule has 74 valence electrons. The van der Waals surface area contributed by atoms with Crippen LogP contribution in [0.25, 0.3) is 0 Å². The maximum atomic E-state index is 10.2. The molecule has 0 atom stereocenters. The third-order valence-electron chi connectivity index (χ3n) is 1.49. The van der Waals surface area contributed by atoms with E-state index in [1.165, 1.54) is 0 Å². The molecule has 0 amide bonds. The summed E-state index contributed by atoms with van der Waals surface area (Å²) in [5.74, 6) is -1.17. The fourth-order valence-electron chi connectivity index (χ4n) is 0.996. The summed E-state index contributed by atoms with van der Waals surface area (Å²) in [6.45, 7) is 0.170. The Kier molecular flexibility index (Phi) is 3.87. The second-order valence-corrected chi connectivity index (χ2v) is 3.94. The lowest BCUT2D eigenvalue weighted by Crippen LogP contribution is -2.13. The minimum Gasteiger partial charge on any atom is -0.474 e. The summed E-state index contributed by atoms with van der Waals surface area (Å²) >= 11 is 2.15. The molecule has 1 aromatic carbocycles. The maximum Gasteiger partial charge on any atom is 0.397 e. The number of nitrogens with zero attached hydrogens (tertiary/aromatic N) is 1. The van der Waals surface area contributed by atoms with E-state index in [1.54, 1.807) is 0 Å². The van der Waals surface area contributed by atoms with Crippen LogP contribution in [0.4, 0.5) is 0 Å². The Balaban J connectivity index is 2.74. The largest absolute Gasteiger partial charge is 0.474 e. The number of rotatable bonds is 3. The van der Waals surface area contributed by atoms with Crippen molar-refractivity contribution < 1.29 is 19.8 Å². The van der Waals surface area contributed by atoms with Crippen LogP contribution in [-0.4, -0.2) is 27.2 Å². The molecule has 0 heterocycles. The monoisotopic (exact) mass is 306 g/mol. The summed E-state index contributed by atoms with van der Waals surface area (Å²) in [6.07, 6.45) is 0.722. The van der Waals surface area contributed by atoms with Gasteiger partial charge in [-0.1, -0.05) is 12.1 Å². The first-order valence-corrected chi connectivity index (χ1v) is 4.93. The van der Waals surface area contributed by atoms with E-state index in [-0.39, 0.29) is 6.54 Å². The molecule has 4 nitrogen and oxygen atoms in total. The summed E-state index contributed by atoms with van der Waals surface area (Å²) in [5.41, 5.74) is 0.858. The van der Waals surface area contributed by atoms with E-state index >= 15 is 0 Å². The van der Waals surface area contributed by atoms with Gasteiger partial charge in [-0.05, 0) is 39.5 Å². The van der Waals surface area contributed by atoms with E-state index in [2.05, 4.69) is 22.6 Å². The molecule has 0 saturated carbocycles. The van der Waals surface area contributed by atoms with Gasteiger partial charge in [0.05, 0.1) is 0 Å². The van der Waals surface area contributed by atoms with Crippen LogP contribution in [0.2, 0.25) is 0 Å². The van der Waals surface area contributed by atoms with Crippen molar-refractivity contribution >= 4 is 34.8 Å². The second-order valence-electron chi connectivity index (χ2n) is 2.69. The number of benzene rings is 1. The van der Waals surface area contributed by atoms with Crippen molar-refractivity contribution in [2.45, 2.75) is 6.54 Å². The summed E-state index contributed by atoms with van der Waals surface area (Å²) in [7, 11) is 0. The molecule has 14 heavy (non-hydrogen) atoms. The third-order valence-corrected chi connectivity index (χ3v) is 2.16. The number of hydrogen-bond acceptors (Lipinski definition) is 2. The number of carboxylic acids is 1. The Hall–Kier alpha value is -1.11. The van der Waals surface area contributed by atoms with Gasteiger partial charge >= 0.3 is 5.97 Å². The molecule has 5 heteroatoms. The highest BCUT2D eigenvalue weighted by atomic mass is 127. The zero-order valence-electron chi connectivity index (χ0n) is 7.22. The normalized spacial score (nSPS) is 11.4. The Morgan fingerprint density at radius 2 is 2.29 bits per heavy atom. The Morgan fingerprint density at radius 3 is 2.86 bits per heavy atom. The van der Waals surface area contributed by atoms with Crippen LogP contribution in [0.5, 0.6) is 0 Å². The lowest BCUT2D eigenvalue weighted by molar-refractivity contribution is -0.783. The molecule has 2 N–H and O–H groups in total. The second kappa shape index (κ2) is 4.94. The zero-order valence-corrected chi connectivity index (χ0v) is 9.38. The van der Waals surface area contributed by atoms with Gasteiger partial charge < -0.3 is 5.11 Å². The number of halogens is 1. The minimum atomic E-state index is -1.17. The van der Waals surface area contributed by atoms with Gasteiger partial charge in [0.25, 0.3) is 6.21 Å². The van der Waals surface area contributed by atoms with E-state index in [9.17, 15) is 4.79 Å². The van der Waals surface area contributed by atoms with Crippen molar-refractivity contribution in [2.75, 3.05) is 0 Å². The van der Waals surface area contributed by atoms with E-state index in [0.717, 1.165) is 15.3 Å². The predicted octanol–water partition coefficient (Wildman–Crippen LogP) is 1.35. The lowest BCUT2D eigenvalue weighted by atomic mass is 10.2. The van der Waals surface area contributed by atoms with Crippen molar-refractivity contribution in [1.29, 1.82) is 0 Å². The van der Waals surface area contributed by atoms with Crippen molar-refractivity contribution in [1.82, 2.24) is 0 Å². The molecule has 0 radical (unpaired) electrons. The standard InChI is InChI=1S/C9H8INO3/c10-8-3-1-2-7(4-8)5-11(14)6-9(12)13/h1-4,6H,5H2,(H-,12,13,14)/p+1. The number of hydroxylamine groups is 1. The third kappa shape index (κ3) is 3.73. The summed E-state index contributed by atoms with van der Waals surface area (Å²) < 4.78 is 1.69. The van der Waals surface area contributed by atoms with Crippen LogP contribution >= 0.6 is 22.6 Å². The van der Waals surface area contributed by atoms with Crippen LogP contribution < -0.4 is 0 Å². The van der Waals surface area contributed by atoms with E-state index < -0.39 is 5.97 Å². The Labute approximate surface area is 94.6 Å². The van der Waals surface area contributed by atoms with E-state index in [0.29, 0.717) is 4.74 Å². The minimum absolute atomic E-state index is 0.170. The molecule has 1 rings (SSSR count). The van der Waals surface area contributed by atoms with Gasteiger partial charge in [-0.25, -0.2) is 4.79 Å². The molecule has 0 aliphatic carbocycles. The van der Waals surface area contributed by atoms with Gasteiger partial charge in [0.1, 0.15) is 0 Å². The highest BCUT2D eigenvalue weighted by Gasteiger charge is 2.06. The van der Waals surface area contributed by atoms with E-state index in [1.807, 2.05) is 24.3 Å². The first-order chi connectivity index (χ1) is 6.58. The number of carboxylic acid groups (broad SMARTS) is 1. The van der Waals surface area contributed by atoms with Crippen molar-refractivity contribution in [3.05, 3.63) is 33.4 Å². The molecular weight excluding hydrogens is 297 g/mol. The zero-order chi connectivity index (χ0) is 10.6. The summed E-state index contributed by atoms with van der Waals surface area (Å²) in [6, 6.07) is 7.47. The van der Waals surface area contributed by atoms with Gasteiger partial charge in [0.15, 0.2) is 0 Å². The fourth-order valence-corrected chi connectivity index (χ4v) is 1.60. The number of carbonyl (C=O) groups is 1. The van der Waals surface area contributed by atoms with E-state index in [4.69, 9.17) is 10.3 Å². The van der Waals surface area contributed by atoms with Crippen LogP contribution in [-0.2, 0) is 11.3 Å². The fraction of sp³-hybridized carbons (Fsp3) is 0.111. The van der Waals surface area contributed by atoms with Crippen LogP contribution in [0, 0.1) is 3.57 Å². The number of aliphatic carboxylic acids is 1. The van der Waals surface area contributed by atoms with Crippen molar-refractivity contribution in [2.24, 2.45) is 0 Å². The van der Waals surface area contributed by atoms with Crippen molar-refractivity contribution in [3.63, 3.8) is 0 Å². The van der Waals surface area contributed by atoms with Crippen molar-refractivity contribution in [3.8, 4) is 0 Å². The molecule has 0 aliphatic heterocycles. The molecule has 0 bridgehead atoms. The van der Waals surface area contributed by atoms with Crippen LogP contribution in [0.3, 0.4) is 0 Å². The quantitative estimate of drug-likeness (QED) is 0.291. The van der Waals surface area contributed by atoms with Gasteiger partial charge in [-0.2, -0.15) is 0 Å². The first-order valence-electron chi connectivity index (χ1n) is 3.85. The molecule has 1 aromatic rings. The molecule has 0 saturated heterocycles. The van der Waals surface area contributed by atoms with Gasteiger partial charge in [-0.15, -0.1) is 0 Å². The predicted molar refractivity (Wildman–Crippen MR) is 58.6 cm³/mol. The molecule has 0 unspecified atom stereocenters. The van der Waals surface area contributed by atoms with Crippen LogP contribution in [0.1, 0.15) is 5.56 Å². The lowest BCUT2D eigenvalue weighted by Gasteiger charge is -1.95. The topological polar surface area (TPSA) is 60.5 Å². The van der Waals surface area contributed by atoms with Crippen LogP contribution in [0.15, 0.2) is 24.3 Å². The first kappa shape index (κ1) is 11.0. The number of hydrogen-bond donors (Lipinski definition) is 2. The molecule has 0 fully saturated rings. The molecule has 0 aromatic heterocycles. The summed E-state index contributed by atoms with van der Waals surface area (Å²) in [4.78, 5) is 10.2. The Morgan fingerprint density at radius 1 is 1.57 bits per heavy atom. The highest BCUT2D eigenvalue weighted by Crippen LogP contribution is 2.07. The average Bonchev–Trinajstić information content (AvgIpc) is 2.01. The van der Waals surface area contributed by atoms with Gasteiger partial charge in [0.2, 0.25) is 6.54 Å². The Bertz CT molecular complexity index is 376. The van der Waals surface area contributed by atoms with Gasteiger partial charge in [0, 0.05) is 9.13 Å². The van der Waals surface area contributed by atoms with Gasteiger partial charge in [-0.3, -0.25) is 5.21 Å². The average molecular weight is 306 g/mol. The smallest absolute Gasteiger partial charge is 0.397 e. The molecular formula is C9H9INO3+. The SMILES string of the molecule is O=C(O)C=[N+](O)Cc1cccc(I)c1. The maximum absolute atomic E-state index is 10.2.